The van der Waals surface area contributed by atoms with Crippen molar-refractivity contribution in [3.8, 4) is 39.5 Å². The maximum absolute atomic E-state index is 9.95. The first-order valence-electron chi connectivity index (χ1n) is 12.4. The summed E-state index contributed by atoms with van der Waals surface area (Å²) in [6, 6.07) is 18.7. The molecule has 10 heteroatoms. The van der Waals surface area contributed by atoms with Gasteiger partial charge in [0.05, 0.1) is 35.6 Å². The number of hydrogen-bond donors (Lipinski definition) is 2. The number of imidazole rings is 1. The van der Waals surface area contributed by atoms with Gasteiger partial charge in [0.15, 0.2) is 11.8 Å². The summed E-state index contributed by atoms with van der Waals surface area (Å²) in [5, 5.41) is 14.7. The maximum atomic E-state index is 9.95. The Morgan fingerprint density at radius 3 is 2.26 bits per heavy atom. The molecule has 7 rings (SSSR count). The number of aliphatic hydroxyl groups excluding tert-OH is 1. The molecule has 9 nitrogen and oxygen atoms in total. The third-order valence-electron chi connectivity index (χ3n) is 7.06. The fourth-order valence-corrected chi connectivity index (χ4v) is 5.35. The molecule has 4 atom stereocenters. The molecule has 5 aromatic rings. The largest absolute Gasteiger partial charge is 0.456 e. The minimum absolute atomic E-state index is 0.241. The van der Waals surface area contributed by atoms with Crippen LogP contribution in [0.3, 0.4) is 0 Å². The van der Waals surface area contributed by atoms with Crippen LogP contribution in [-0.4, -0.2) is 67.5 Å². The number of aliphatic hydroxyl groups is 1. The predicted molar refractivity (Wildman–Crippen MR) is 142 cm³/mol. The van der Waals surface area contributed by atoms with E-state index < -0.39 is 6.10 Å². The van der Waals surface area contributed by atoms with Crippen molar-refractivity contribution in [2.24, 2.45) is 7.05 Å². The van der Waals surface area contributed by atoms with Crippen molar-refractivity contribution in [2.45, 2.75) is 24.4 Å². The number of halogens is 1. The lowest BCUT2D eigenvalue weighted by Gasteiger charge is -2.15. The summed E-state index contributed by atoms with van der Waals surface area (Å²) in [4.78, 5) is 12.3. The number of H-pyrrole nitrogens is 1. The number of benzene rings is 2. The van der Waals surface area contributed by atoms with Gasteiger partial charge in [-0.3, -0.25) is 4.68 Å². The Balaban J connectivity index is 1.11. The first kappa shape index (κ1) is 23.4. The molecule has 0 spiro atoms. The number of aromatic nitrogens is 5. The van der Waals surface area contributed by atoms with Crippen LogP contribution in [0.25, 0.3) is 44.7 Å². The highest BCUT2D eigenvalue weighted by Gasteiger charge is 2.48. The Kier molecular flexibility index (Phi) is 5.66. The minimum Gasteiger partial charge on any atom is -0.456 e. The average Bonchev–Trinajstić information content (AvgIpc) is 3.71. The van der Waals surface area contributed by atoms with Gasteiger partial charge in [0, 0.05) is 24.4 Å². The van der Waals surface area contributed by atoms with Gasteiger partial charge in [0.2, 0.25) is 0 Å². The zero-order valence-electron chi connectivity index (χ0n) is 20.4. The number of rotatable bonds is 5. The number of pyridine rings is 1. The van der Waals surface area contributed by atoms with Gasteiger partial charge in [-0.25, -0.2) is 4.98 Å². The van der Waals surface area contributed by atoms with Crippen LogP contribution in [0.15, 0.2) is 67.0 Å². The summed E-state index contributed by atoms with van der Waals surface area (Å²) in [6.07, 6.45) is 2.17. The molecule has 0 radical (unpaired) electrons. The van der Waals surface area contributed by atoms with E-state index in [0.29, 0.717) is 34.5 Å². The second-order valence-corrected chi connectivity index (χ2v) is 10.0. The van der Waals surface area contributed by atoms with Gasteiger partial charge in [-0.2, -0.15) is 10.1 Å². The highest BCUT2D eigenvalue weighted by Crippen LogP contribution is 2.33. The molecule has 2 N–H and O–H groups in total. The molecule has 38 heavy (non-hydrogen) atoms. The molecule has 2 aromatic carbocycles. The van der Waals surface area contributed by atoms with Crippen LogP contribution in [0, 0.1) is 0 Å². The molecular weight excluding hydrogens is 506 g/mol. The van der Waals surface area contributed by atoms with E-state index in [1.54, 1.807) is 10.7 Å². The van der Waals surface area contributed by atoms with Gasteiger partial charge in [0.1, 0.15) is 18.3 Å². The number of aromatic amines is 1. The van der Waals surface area contributed by atoms with E-state index in [4.69, 9.17) is 30.8 Å². The van der Waals surface area contributed by atoms with Gasteiger partial charge in [-0.15, -0.1) is 0 Å². The zero-order valence-corrected chi connectivity index (χ0v) is 21.2. The molecule has 2 fully saturated rings. The van der Waals surface area contributed by atoms with Gasteiger partial charge in [-0.1, -0.05) is 60.1 Å². The van der Waals surface area contributed by atoms with Crippen LogP contribution in [0.1, 0.15) is 0 Å². The Morgan fingerprint density at radius 2 is 1.58 bits per heavy atom. The molecular formula is C28H24ClN5O4. The number of ether oxygens (including phenoxy) is 3. The highest BCUT2D eigenvalue weighted by molar-refractivity contribution is 6.33. The Labute approximate surface area is 223 Å². The van der Waals surface area contributed by atoms with Gasteiger partial charge >= 0.3 is 0 Å². The Hall–Kier alpha value is -3.76. The van der Waals surface area contributed by atoms with E-state index in [9.17, 15) is 5.11 Å². The zero-order chi connectivity index (χ0) is 25.8. The minimum atomic E-state index is -0.634. The second kappa shape index (κ2) is 9.21. The average molecular weight is 530 g/mol. The summed E-state index contributed by atoms with van der Waals surface area (Å²) in [5.74, 6) is 0. The first-order valence-corrected chi connectivity index (χ1v) is 12.7. The third-order valence-corrected chi connectivity index (χ3v) is 7.35. The summed E-state index contributed by atoms with van der Waals surface area (Å²) in [7, 11) is 1.91. The van der Waals surface area contributed by atoms with Crippen LogP contribution < -0.4 is 4.74 Å². The van der Waals surface area contributed by atoms with Crippen molar-refractivity contribution < 1.29 is 19.3 Å². The van der Waals surface area contributed by atoms with Crippen molar-refractivity contribution in [3.05, 3.63) is 72.0 Å². The molecule has 0 saturated carbocycles. The molecule has 192 valence electrons. The van der Waals surface area contributed by atoms with Gasteiger partial charge in [0.25, 0.3) is 6.01 Å². The second-order valence-electron chi connectivity index (χ2n) is 9.61. The van der Waals surface area contributed by atoms with Crippen molar-refractivity contribution in [2.75, 3.05) is 13.2 Å². The highest BCUT2D eigenvalue weighted by atomic mass is 35.5. The van der Waals surface area contributed by atoms with Crippen molar-refractivity contribution in [1.29, 1.82) is 0 Å². The molecule has 1 unspecified atom stereocenters. The van der Waals surface area contributed by atoms with Crippen LogP contribution in [0.2, 0.25) is 5.02 Å². The number of fused-ring (bicyclic) bond motifs is 2. The molecule has 5 heterocycles. The van der Waals surface area contributed by atoms with Crippen LogP contribution in [-0.2, 0) is 16.5 Å². The van der Waals surface area contributed by atoms with Crippen molar-refractivity contribution in [1.82, 2.24) is 24.7 Å². The van der Waals surface area contributed by atoms with E-state index in [1.807, 2.05) is 31.6 Å². The summed E-state index contributed by atoms with van der Waals surface area (Å²) in [5.41, 5.74) is 7.11. The van der Waals surface area contributed by atoms with E-state index in [-0.39, 0.29) is 24.9 Å². The molecule has 2 saturated heterocycles. The normalized spacial score (nSPS) is 22.7. The van der Waals surface area contributed by atoms with Crippen LogP contribution in [0.4, 0.5) is 0 Å². The maximum Gasteiger partial charge on any atom is 0.296 e. The van der Waals surface area contributed by atoms with E-state index >= 15 is 0 Å². The molecule has 0 amide bonds. The van der Waals surface area contributed by atoms with Crippen LogP contribution in [0.5, 0.6) is 6.01 Å². The predicted octanol–water partition coefficient (Wildman–Crippen LogP) is 4.25. The summed E-state index contributed by atoms with van der Waals surface area (Å²) in [6.45, 7) is 0.562. The lowest BCUT2D eigenvalue weighted by Crippen LogP contribution is -2.34. The number of nitrogens with zero attached hydrogens (tertiary/aromatic N) is 4. The Bertz CT molecular complexity index is 1620. The molecule has 2 aliphatic rings. The van der Waals surface area contributed by atoms with E-state index in [0.717, 1.165) is 27.8 Å². The molecule has 3 aromatic heterocycles. The van der Waals surface area contributed by atoms with Gasteiger partial charge < -0.3 is 24.3 Å². The number of aryl methyl sites for hydroxylation is 1. The lowest BCUT2D eigenvalue weighted by molar-refractivity contribution is 0.00706. The van der Waals surface area contributed by atoms with Crippen molar-refractivity contribution >= 4 is 22.8 Å². The fourth-order valence-electron chi connectivity index (χ4n) is 5.09. The SMILES string of the molecule is Cn1cc(-c2ccc(-c3ccc(-c4nc5nc(O[C@@H]6COC7[C@H](O)CO[C@@H]76)[nH]c5cc4Cl)cc3)cc2)cn1. The van der Waals surface area contributed by atoms with E-state index in [1.165, 1.54) is 0 Å². The van der Waals surface area contributed by atoms with Crippen LogP contribution >= 0.6 is 11.6 Å². The number of hydrogen-bond acceptors (Lipinski definition) is 7. The molecule has 0 bridgehead atoms. The quantitative estimate of drug-likeness (QED) is 0.350. The smallest absolute Gasteiger partial charge is 0.296 e. The molecule has 0 aliphatic carbocycles. The summed E-state index contributed by atoms with van der Waals surface area (Å²) >= 11 is 6.61. The summed E-state index contributed by atoms with van der Waals surface area (Å²) < 4.78 is 19.1. The fraction of sp³-hybridized carbons (Fsp3) is 0.250. The standard InChI is InChI=1S/C28H24ClN5O4/c1-34-12-19(11-30-34)17-4-2-15(3-5-17)16-6-8-18(9-7-16)24-20(29)10-21-27(32-24)33-28(31-21)38-23-14-37-25-22(35)13-36-26(23)25/h2-12,22-23,25-26,35H,13-14H2,1H3,(H,31,32,33)/t22-,23-,25?,26-/m1/s1. The number of nitrogens with one attached hydrogen (secondary N) is 1. The van der Waals surface area contributed by atoms with E-state index in [2.05, 4.69) is 51.5 Å². The monoisotopic (exact) mass is 529 g/mol. The van der Waals surface area contributed by atoms with Gasteiger partial charge in [-0.05, 0) is 22.8 Å². The molecule has 2 aliphatic heterocycles. The Morgan fingerprint density at radius 1 is 0.921 bits per heavy atom. The lowest BCUT2D eigenvalue weighted by atomic mass is 10.00. The first-order chi connectivity index (χ1) is 18.5. The topological polar surface area (TPSA) is 107 Å². The third kappa shape index (κ3) is 4.13. The van der Waals surface area contributed by atoms with Crippen molar-refractivity contribution in [3.63, 3.8) is 0 Å².